The zero-order valence-electron chi connectivity index (χ0n) is 12.2. The molecule has 2 atom stereocenters. The van der Waals surface area contributed by atoms with Crippen molar-refractivity contribution in [3.63, 3.8) is 0 Å². The Morgan fingerprint density at radius 1 is 1.14 bits per heavy atom. The fraction of sp³-hybridized carbons (Fsp3) is 0.438. The average Bonchev–Trinajstić information content (AvgIpc) is 2.96. The maximum Gasteiger partial charge on any atom is 0.222 e. The second kappa shape index (κ2) is 6.63. The molecule has 0 saturated carbocycles. The van der Waals surface area contributed by atoms with Crippen LogP contribution in [0.4, 0.5) is 5.95 Å². The third-order valence-electron chi connectivity index (χ3n) is 3.87. The number of pyridine rings is 1. The van der Waals surface area contributed by atoms with Gasteiger partial charge >= 0.3 is 0 Å². The van der Waals surface area contributed by atoms with Crippen LogP contribution in [0.15, 0.2) is 36.9 Å². The topological polar surface area (TPSA) is 59.9 Å². The van der Waals surface area contributed by atoms with Gasteiger partial charge in [0, 0.05) is 30.7 Å². The number of nitrogens with zero attached hydrogens (tertiary/aromatic N) is 3. The molecule has 0 aromatic carbocycles. The van der Waals surface area contributed by atoms with E-state index < -0.39 is 0 Å². The van der Waals surface area contributed by atoms with Crippen LogP contribution in [-0.4, -0.2) is 34.2 Å². The monoisotopic (exact) mass is 284 g/mol. The van der Waals surface area contributed by atoms with Crippen LogP contribution in [-0.2, 0) is 17.6 Å². The molecule has 1 N–H and O–H groups in total. The molecule has 2 aromatic rings. The Balaban J connectivity index is 1.63. The Morgan fingerprint density at radius 2 is 1.90 bits per heavy atom. The van der Waals surface area contributed by atoms with Crippen molar-refractivity contribution in [2.75, 3.05) is 18.5 Å². The maximum atomic E-state index is 5.63. The molecular formula is C16H20N4O. The minimum absolute atomic E-state index is 0.255. The maximum absolute atomic E-state index is 5.63. The molecule has 0 radical (unpaired) electrons. The summed E-state index contributed by atoms with van der Waals surface area (Å²) < 4.78 is 5.63. The standard InChI is InChI=1S/C16H20N4O/c1-2-12-8-18-16(19-9-12)20-15-11-21-10-14(15)7-13-3-5-17-6-4-13/h3-6,8-9,14-15H,2,7,10-11H2,1H3,(H,18,19,20)/t14-,15-/m1/s1. The van der Waals surface area contributed by atoms with E-state index in [2.05, 4.69) is 39.3 Å². The van der Waals surface area contributed by atoms with Gasteiger partial charge in [0.1, 0.15) is 0 Å². The van der Waals surface area contributed by atoms with Crippen molar-refractivity contribution in [3.05, 3.63) is 48.0 Å². The van der Waals surface area contributed by atoms with E-state index in [1.54, 1.807) is 0 Å². The molecule has 5 heteroatoms. The molecule has 0 unspecified atom stereocenters. The smallest absolute Gasteiger partial charge is 0.222 e. The summed E-state index contributed by atoms with van der Waals surface area (Å²) in [6.45, 7) is 3.57. The molecule has 3 rings (SSSR count). The van der Waals surface area contributed by atoms with Crippen LogP contribution in [0, 0.1) is 5.92 Å². The largest absolute Gasteiger partial charge is 0.379 e. The van der Waals surface area contributed by atoms with Crippen LogP contribution >= 0.6 is 0 Å². The van der Waals surface area contributed by atoms with Gasteiger partial charge in [-0.15, -0.1) is 0 Å². The van der Waals surface area contributed by atoms with Gasteiger partial charge in [-0.3, -0.25) is 4.98 Å². The summed E-state index contributed by atoms with van der Waals surface area (Å²) in [6, 6.07) is 4.37. The number of hydrogen-bond acceptors (Lipinski definition) is 5. The Kier molecular flexibility index (Phi) is 4.40. The Labute approximate surface area is 124 Å². The lowest BCUT2D eigenvalue weighted by atomic mass is 9.95. The van der Waals surface area contributed by atoms with Crippen LogP contribution < -0.4 is 5.32 Å². The van der Waals surface area contributed by atoms with Gasteiger partial charge in [0.2, 0.25) is 5.95 Å². The average molecular weight is 284 g/mol. The van der Waals surface area contributed by atoms with E-state index in [9.17, 15) is 0 Å². The molecular weight excluding hydrogens is 264 g/mol. The lowest BCUT2D eigenvalue weighted by molar-refractivity contribution is 0.185. The lowest BCUT2D eigenvalue weighted by Gasteiger charge is -2.19. The van der Waals surface area contributed by atoms with Crippen molar-refractivity contribution in [1.82, 2.24) is 15.0 Å². The first kappa shape index (κ1) is 13.9. The van der Waals surface area contributed by atoms with E-state index in [0.717, 1.165) is 25.0 Å². The van der Waals surface area contributed by atoms with Crippen LogP contribution in [0.1, 0.15) is 18.1 Å². The molecule has 0 bridgehead atoms. The van der Waals surface area contributed by atoms with E-state index in [1.165, 1.54) is 5.56 Å². The highest BCUT2D eigenvalue weighted by atomic mass is 16.5. The number of nitrogens with one attached hydrogen (secondary N) is 1. The second-order valence-corrected chi connectivity index (χ2v) is 5.38. The number of rotatable bonds is 5. The Bertz CT molecular complexity index is 558. The normalized spacial score (nSPS) is 21.4. The minimum atomic E-state index is 0.255. The van der Waals surface area contributed by atoms with Gasteiger partial charge < -0.3 is 10.1 Å². The number of hydrogen-bond donors (Lipinski definition) is 1. The fourth-order valence-electron chi connectivity index (χ4n) is 2.56. The number of anilines is 1. The van der Waals surface area contributed by atoms with Crippen LogP contribution in [0.2, 0.25) is 0 Å². The summed E-state index contributed by atoms with van der Waals surface area (Å²) in [5.41, 5.74) is 2.44. The van der Waals surface area contributed by atoms with Gasteiger partial charge in [-0.25, -0.2) is 9.97 Å². The van der Waals surface area contributed by atoms with Crippen LogP contribution in [0.3, 0.4) is 0 Å². The number of ether oxygens (including phenoxy) is 1. The van der Waals surface area contributed by atoms with Gasteiger partial charge in [0.15, 0.2) is 0 Å². The highest BCUT2D eigenvalue weighted by Crippen LogP contribution is 2.21. The highest BCUT2D eigenvalue weighted by Gasteiger charge is 2.28. The van der Waals surface area contributed by atoms with Gasteiger partial charge in [-0.05, 0) is 36.1 Å². The van der Waals surface area contributed by atoms with Crippen molar-refractivity contribution in [2.45, 2.75) is 25.8 Å². The van der Waals surface area contributed by atoms with Crippen molar-refractivity contribution in [2.24, 2.45) is 5.92 Å². The fourth-order valence-corrected chi connectivity index (χ4v) is 2.56. The number of aromatic nitrogens is 3. The summed E-state index contributed by atoms with van der Waals surface area (Å²) in [4.78, 5) is 12.8. The quantitative estimate of drug-likeness (QED) is 0.911. The highest BCUT2D eigenvalue weighted by molar-refractivity contribution is 5.28. The zero-order chi connectivity index (χ0) is 14.5. The summed E-state index contributed by atoms with van der Waals surface area (Å²) in [7, 11) is 0. The van der Waals surface area contributed by atoms with Gasteiger partial charge in [0.05, 0.1) is 19.3 Å². The molecule has 1 saturated heterocycles. The molecule has 110 valence electrons. The second-order valence-electron chi connectivity index (χ2n) is 5.38. The molecule has 5 nitrogen and oxygen atoms in total. The molecule has 1 fully saturated rings. The zero-order valence-corrected chi connectivity index (χ0v) is 12.2. The lowest BCUT2D eigenvalue weighted by Crippen LogP contribution is -2.30. The molecule has 1 aliphatic heterocycles. The summed E-state index contributed by atoms with van der Waals surface area (Å²) in [5, 5.41) is 3.40. The molecule has 3 heterocycles. The van der Waals surface area contributed by atoms with Crippen molar-refractivity contribution < 1.29 is 4.74 Å². The Hall–Kier alpha value is -2.01. The molecule has 2 aromatic heterocycles. The van der Waals surface area contributed by atoms with Gasteiger partial charge in [-0.2, -0.15) is 0 Å². The van der Waals surface area contributed by atoms with Crippen molar-refractivity contribution in [3.8, 4) is 0 Å². The first-order chi connectivity index (χ1) is 10.3. The van der Waals surface area contributed by atoms with E-state index in [-0.39, 0.29) is 6.04 Å². The Morgan fingerprint density at radius 3 is 2.62 bits per heavy atom. The van der Waals surface area contributed by atoms with E-state index >= 15 is 0 Å². The summed E-state index contributed by atoms with van der Waals surface area (Å²) in [6.07, 6.45) is 9.36. The van der Waals surface area contributed by atoms with Gasteiger partial charge in [0.25, 0.3) is 0 Å². The first-order valence-corrected chi connectivity index (χ1v) is 7.39. The van der Waals surface area contributed by atoms with Crippen molar-refractivity contribution >= 4 is 5.95 Å². The summed E-state index contributed by atoms with van der Waals surface area (Å²) >= 11 is 0. The van der Waals surface area contributed by atoms with Crippen LogP contribution in [0.25, 0.3) is 0 Å². The van der Waals surface area contributed by atoms with Crippen molar-refractivity contribution in [1.29, 1.82) is 0 Å². The third kappa shape index (κ3) is 3.55. The predicted molar refractivity (Wildman–Crippen MR) is 81.1 cm³/mol. The van der Waals surface area contributed by atoms with Gasteiger partial charge in [-0.1, -0.05) is 6.92 Å². The minimum Gasteiger partial charge on any atom is -0.379 e. The molecule has 0 aliphatic carbocycles. The predicted octanol–water partition coefficient (Wildman–Crippen LogP) is 2.10. The number of aryl methyl sites for hydroxylation is 1. The van der Waals surface area contributed by atoms with E-state index in [1.807, 2.05) is 24.8 Å². The molecule has 21 heavy (non-hydrogen) atoms. The first-order valence-electron chi connectivity index (χ1n) is 7.39. The van der Waals surface area contributed by atoms with Crippen LogP contribution in [0.5, 0.6) is 0 Å². The van der Waals surface area contributed by atoms with E-state index in [0.29, 0.717) is 18.5 Å². The third-order valence-corrected chi connectivity index (χ3v) is 3.87. The van der Waals surface area contributed by atoms with E-state index in [4.69, 9.17) is 4.74 Å². The summed E-state index contributed by atoms with van der Waals surface area (Å²) in [5.74, 6) is 1.12. The SMILES string of the molecule is CCc1cnc(N[C@@H]2COC[C@H]2Cc2ccncc2)nc1. The molecule has 0 amide bonds. The molecule has 0 spiro atoms. The molecule has 1 aliphatic rings.